The fourth-order valence-corrected chi connectivity index (χ4v) is 10.9. The van der Waals surface area contributed by atoms with E-state index in [1.165, 1.54) is 14.0 Å². The van der Waals surface area contributed by atoms with Crippen LogP contribution in [-0.4, -0.2) is 119 Å². The Balaban J connectivity index is 1.21. The molecule has 0 unspecified atom stereocenters. The van der Waals surface area contributed by atoms with Gasteiger partial charge in [-0.1, -0.05) is 26.0 Å². The van der Waals surface area contributed by atoms with Gasteiger partial charge in [0.2, 0.25) is 27.7 Å². The topological polar surface area (TPSA) is 203 Å². The van der Waals surface area contributed by atoms with Crippen LogP contribution in [0.25, 0.3) is 22.0 Å². The van der Waals surface area contributed by atoms with Crippen molar-refractivity contribution < 1.29 is 60.4 Å². The molecule has 3 N–H and O–H groups in total. The fraction of sp³-hybridized carbons (Fsp3) is 0.562. The van der Waals surface area contributed by atoms with Crippen LogP contribution in [0.2, 0.25) is 0 Å². The number of pyridine rings is 1. The van der Waals surface area contributed by atoms with Gasteiger partial charge in [0.1, 0.15) is 48.2 Å². The SMILES string of the molecule is COc1ccc2c(O[C@@H]3C[C@H]4C(=O)N[C@]5(C(=O)NS(=O)(=O)C6(C)CC6)C[C@H]5C=CCC[C@H](C)C[C@@H](C)[C@H](N(C(=O)O)C(C)(C)C(C)(F)F)C(=O)N4C3)nc(-c3ccc4c(c3)OCCO4)cc2c1. The second kappa shape index (κ2) is 17.4. The first-order valence-corrected chi connectivity index (χ1v) is 24.3. The number of allylic oxidation sites excluding steroid dienone is 1. The molecule has 4 heterocycles. The second-order valence-corrected chi connectivity index (χ2v) is 22.0. The number of nitrogens with one attached hydrogen (secondary N) is 2. The molecule has 0 radical (unpaired) electrons. The van der Waals surface area contributed by atoms with Crippen molar-refractivity contribution >= 4 is 44.6 Å². The van der Waals surface area contributed by atoms with Crippen molar-refractivity contribution in [2.45, 2.75) is 126 Å². The number of aromatic nitrogens is 1. The molecule has 3 aliphatic heterocycles. The molecule has 7 atom stereocenters. The van der Waals surface area contributed by atoms with Gasteiger partial charge in [0, 0.05) is 30.2 Å². The molecule has 5 aliphatic rings. The molecule has 2 aromatic carbocycles. The van der Waals surface area contributed by atoms with Gasteiger partial charge in [-0.3, -0.25) is 24.0 Å². The van der Waals surface area contributed by atoms with Crippen LogP contribution in [0, 0.1) is 17.8 Å². The van der Waals surface area contributed by atoms with Crippen molar-refractivity contribution in [2.24, 2.45) is 17.8 Å². The summed E-state index contributed by atoms with van der Waals surface area (Å²) in [5.41, 5.74) is -2.96. The highest BCUT2D eigenvalue weighted by Gasteiger charge is 2.63. The summed E-state index contributed by atoms with van der Waals surface area (Å²) in [5.74, 6) is -6.01. The highest BCUT2D eigenvalue weighted by atomic mass is 32.2. The van der Waals surface area contributed by atoms with Crippen molar-refractivity contribution in [3.05, 3.63) is 54.6 Å². The molecular weight excluding hydrogens is 893 g/mol. The number of carbonyl (C=O) groups is 4. The zero-order valence-corrected chi connectivity index (χ0v) is 39.6. The molecule has 3 aromatic rings. The smallest absolute Gasteiger partial charge is 0.408 e. The number of methoxy groups -OCH3 is 1. The zero-order valence-electron chi connectivity index (χ0n) is 38.8. The number of nitrogens with zero attached hydrogens (tertiary/aromatic N) is 3. The molecule has 19 heteroatoms. The summed E-state index contributed by atoms with van der Waals surface area (Å²) in [5, 5.41) is 14.8. The van der Waals surface area contributed by atoms with E-state index >= 15 is 13.6 Å². The largest absolute Gasteiger partial charge is 0.497 e. The average Bonchev–Trinajstić information content (AvgIpc) is 4.15. The van der Waals surface area contributed by atoms with Gasteiger partial charge in [0.05, 0.1) is 24.1 Å². The Morgan fingerprint density at radius 2 is 1.75 bits per heavy atom. The minimum absolute atomic E-state index is 0.0711. The number of carbonyl (C=O) groups excluding carboxylic acids is 3. The predicted molar refractivity (Wildman–Crippen MR) is 243 cm³/mol. The lowest BCUT2D eigenvalue weighted by atomic mass is 9.84. The molecule has 1 saturated heterocycles. The van der Waals surface area contributed by atoms with E-state index in [9.17, 15) is 27.9 Å². The van der Waals surface area contributed by atoms with Crippen molar-refractivity contribution in [2.75, 3.05) is 26.9 Å². The van der Waals surface area contributed by atoms with Crippen LogP contribution >= 0.6 is 0 Å². The number of rotatable bonds is 10. The summed E-state index contributed by atoms with van der Waals surface area (Å²) in [6.07, 6.45) is 2.84. The van der Waals surface area contributed by atoms with E-state index in [4.69, 9.17) is 23.9 Å². The molecule has 0 bridgehead atoms. The Bertz CT molecular complexity index is 2620. The van der Waals surface area contributed by atoms with Gasteiger partial charge >= 0.3 is 6.09 Å². The first-order valence-electron chi connectivity index (χ1n) is 22.8. The molecule has 3 fully saturated rings. The lowest BCUT2D eigenvalue weighted by Crippen LogP contribution is -2.66. The first-order chi connectivity index (χ1) is 31.5. The van der Waals surface area contributed by atoms with Gasteiger partial charge in [-0.25, -0.2) is 27.0 Å². The quantitative estimate of drug-likeness (QED) is 0.182. The van der Waals surface area contributed by atoms with Gasteiger partial charge in [-0.2, -0.15) is 0 Å². The molecule has 2 aliphatic carbocycles. The van der Waals surface area contributed by atoms with Crippen molar-refractivity contribution in [3.8, 4) is 34.4 Å². The highest BCUT2D eigenvalue weighted by molar-refractivity contribution is 7.91. The van der Waals surface area contributed by atoms with Crippen molar-refractivity contribution in [1.29, 1.82) is 0 Å². The van der Waals surface area contributed by atoms with E-state index in [1.54, 1.807) is 43.3 Å². The number of benzene rings is 2. The summed E-state index contributed by atoms with van der Waals surface area (Å²) >= 11 is 0. The van der Waals surface area contributed by atoms with Crippen molar-refractivity contribution in [1.82, 2.24) is 24.8 Å². The molecule has 16 nitrogen and oxygen atoms in total. The van der Waals surface area contributed by atoms with E-state index in [2.05, 4.69) is 10.0 Å². The van der Waals surface area contributed by atoms with Crippen LogP contribution in [0.5, 0.6) is 23.1 Å². The van der Waals surface area contributed by atoms with Gasteiger partial charge in [0.25, 0.3) is 11.8 Å². The summed E-state index contributed by atoms with van der Waals surface area (Å²) in [4.78, 5) is 64.4. The number of sulfonamides is 1. The Labute approximate surface area is 388 Å². The Kier molecular flexibility index (Phi) is 12.4. The van der Waals surface area contributed by atoms with Gasteiger partial charge in [0.15, 0.2) is 11.5 Å². The third kappa shape index (κ3) is 9.07. The summed E-state index contributed by atoms with van der Waals surface area (Å²) in [6, 6.07) is 9.39. The Morgan fingerprint density at radius 1 is 1.03 bits per heavy atom. The molecule has 4 amide bonds. The first kappa shape index (κ1) is 47.8. The molecule has 2 saturated carbocycles. The normalized spacial score (nSPS) is 27.4. The van der Waals surface area contributed by atoms with Gasteiger partial charge in [-0.05, 0) is 119 Å². The van der Waals surface area contributed by atoms with Crippen molar-refractivity contribution in [3.63, 3.8) is 0 Å². The number of amides is 4. The van der Waals surface area contributed by atoms with Crippen LogP contribution in [0.15, 0.2) is 54.6 Å². The van der Waals surface area contributed by atoms with E-state index in [-0.39, 0.29) is 37.6 Å². The lowest BCUT2D eigenvalue weighted by molar-refractivity contribution is -0.156. The standard InChI is InChI=1S/C48H59F2N5O11S/c1-27-10-8-9-11-31-25-48(31,43(58)53-67(61,62)46(5)16-17-46)52-40(56)36-24-33(26-54(36)42(57)39(28(2)20-27)55(44(59)60)45(3,4)47(6,49)50)66-41-34-14-13-32(63-7)21-30(34)22-35(51-41)29-12-15-37-38(23-29)65-19-18-64-37/h9,11-15,21-23,27-28,31,33,36,39H,8,10,16-20,24-26H2,1-7H3,(H,52,56)(H,53,58)(H,59,60)/t27-,28+,31+,33+,36-,39-,48+/m0/s1. The number of ether oxygens (including phenoxy) is 4. The minimum Gasteiger partial charge on any atom is -0.497 e. The minimum atomic E-state index is -4.12. The summed E-state index contributed by atoms with van der Waals surface area (Å²) in [7, 11) is -2.59. The monoisotopic (exact) mass is 951 g/mol. The molecular formula is C48H59F2N5O11S. The Morgan fingerprint density at radius 3 is 2.42 bits per heavy atom. The van der Waals surface area contributed by atoms with Crippen LogP contribution in [0.1, 0.15) is 86.5 Å². The van der Waals surface area contributed by atoms with Crippen LogP contribution in [0.3, 0.4) is 0 Å². The molecule has 1 aromatic heterocycles. The lowest BCUT2D eigenvalue weighted by Gasteiger charge is -2.47. The zero-order chi connectivity index (χ0) is 48.4. The maximum absolute atomic E-state index is 15.6. The Hall–Kier alpha value is -5.72. The number of halogens is 2. The molecule has 0 spiro atoms. The molecule has 362 valence electrons. The third-order valence-corrected chi connectivity index (χ3v) is 16.6. The number of fused-ring (bicyclic) bond motifs is 4. The average molecular weight is 952 g/mol. The van der Waals surface area contributed by atoms with Crippen LogP contribution in [0.4, 0.5) is 13.6 Å². The van der Waals surface area contributed by atoms with E-state index < -0.39 is 85.6 Å². The van der Waals surface area contributed by atoms with Crippen LogP contribution in [-0.2, 0) is 24.4 Å². The maximum Gasteiger partial charge on any atom is 0.408 e. The fourth-order valence-electron chi connectivity index (χ4n) is 9.59. The van der Waals surface area contributed by atoms with Crippen LogP contribution < -0.4 is 29.0 Å². The van der Waals surface area contributed by atoms with Gasteiger partial charge < -0.3 is 34.3 Å². The predicted octanol–water partition coefficient (Wildman–Crippen LogP) is 6.70. The summed E-state index contributed by atoms with van der Waals surface area (Å²) < 4.78 is 82.8. The second-order valence-electron chi connectivity index (χ2n) is 19.8. The number of carboxylic acid groups (broad SMARTS) is 1. The van der Waals surface area contributed by atoms with E-state index in [1.807, 2.05) is 25.1 Å². The van der Waals surface area contributed by atoms with E-state index in [0.29, 0.717) is 90.0 Å². The number of alkyl halides is 2. The van der Waals surface area contributed by atoms with E-state index in [0.717, 1.165) is 18.7 Å². The number of hydrogen-bond donors (Lipinski definition) is 3. The number of hydrogen-bond acceptors (Lipinski definition) is 11. The summed E-state index contributed by atoms with van der Waals surface area (Å²) in [6.45, 7) is 8.30. The molecule has 67 heavy (non-hydrogen) atoms. The highest BCUT2D eigenvalue weighted by Crippen LogP contribution is 2.48. The van der Waals surface area contributed by atoms with Gasteiger partial charge in [-0.15, -0.1) is 0 Å². The third-order valence-electron chi connectivity index (χ3n) is 14.5. The maximum atomic E-state index is 15.6. The molecule has 8 rings (SSSR count).